The number of nitrogens with one attached hydrogen (secondary N) is 1. The van der Waals surface area contributed by atoms with E-state index in [0.717, 1.165) is 11.1 Å². The number of benzene rings is 2. The number of carbonyl (C=O) groups excluding carboxylic acids is 1. The summed E-state index contributed by atoms with van der Waals surface area (Å²) < 4.78 is 15.8. The summed E-state index contributed by atoms with van der Waals surface area (Å²) in [5, 5.41) is 2.90. The summed E-state index contributed by atoms with van der Waals surface area (Å²) in [6, 6.07) is 11.3. The van der Waals surface area contributed by atoms with Crippen molar-refractivity contribution >= 4 is 11.6 Å². The molecule has 0 heterocycles. The van der Waals surface area contributed by atoms with E-state index in [9.17, 15) is 4.79 Å². The van der Waals surface area contributed by atoms with Gasteiger partial charge in [0.15, 0.2) is 0 Å². The second-order valence-electron chi connectivity index (χ2n) is 5.47. The van der Waals surface area contributed by atoms with Gasteiger partial charge in [0.05, 0.1) is 27.0 Å². The molecule has 0 radical (unpaired) electrons. The van der Waals surface area contributed by atoms with Gasteiger partial charge >= 0.3 is 0 Å². The van der Waals surface area contributed by atoms with Crippen molar-refractivity contribution in [3.8, 4) is 17.2 Å². The average molecular weight is 329 g/mol. The molecule has 0 fully saturated rings. The van der Waals surface area contributed by atoms with Gasteiger partial charge in [0, 0.05) is 12.5 Å². The van der Waals surface area contributed by atoms with Crippen LogP contribution in [0.1, 0.15) is 17.5 Å². The molecule has 0 aliphatic rings. The largest absolute Gasteiger partial charge is 0.497 e. The Kier molecular flexibility index (Phi) is 6.07. The van der Waals surface area contributed by atoms with Gasteiger partial charge in [-0.1, -0.05) is 6.07 Å². The fraction of sp³-hybridized carbons (Fsp3) is 0.316. The second-order valence-corrected chi connectivity index (χ2v) is 5.47. The Morgan fingerprint density at radius 2 is 1.62 bits per heavy atom. The summed E-state index contributed by atoms with van der Waals surface area (Å²) in [7, 11) is 4.80. The molecular formula is C19H23NO4. The Balaban J connectivity index is 2.02. The van der Waals surface area contributed by atoms with Crippen LogP contribution in [-0.2, 0) is 11.2 Å². The third kappa shape index (κ3) is 4.65. The number of methoxy groups -OCH3 is 3. The van der Waals surface area contributed by atoms with E-state index in [0.29, 0.717) is 35.8 Å². The quantitative estimate of drug-likeness (QED) is 0.843. The molecule has 2 aromatic carbocycles. The van der Waals surface area contributed by atoms with Gasteiger partial charge in [-0.2, -0.15) is 0 Å². The Hall–Kier alpha value is -2.69. The molecule has 2 aromatic rings. The third-order valence-electron chi connectivity index (χ3n) is 3.68. The molecule has 0 aliphatic heterocycles. The van der Waals surface area contributed by atoms with Crippen LogP contribution in [0.25, 0.3) is 0 Å². The summed E-state index contributed by atoms with van der Waals surface area (Å²) in [6.07, 6.45) is 0.945. The van der Waals surface area contributed by atoms with E-state index >= 15 is 0 Å². The van der Waals surface area contributed by atoms with Crippen LogP contribution in [0.5, 0.6) is 17.2 Å². The summed E-state index contributed by atoms with van der Waals surface area (Å²) in [6.45, 7) is 1.97. The van der Waals surface area contributed by atoms with Gasteiger partial charge in [0.1, 0.15) is 17.2 Å². The monoisotopic (exact) mass is 329 g/mol. The normalized spacial score (nSPS) is 10.2. The Morgan fingerprint density at radius 1 is 0.958 bits per heavy atom. The van der Waals surface area contributed by atoms with E-state index in [2.05, 4.69) is 5.32 Å². The summed E-state index contributed by atoms with van der Waals surface area (Å²) in [5.41, 5.74) is 2.73. The predicted octanol–water partition coefficient (Wildman–Crippen LogP) is 3.59. The minimum Gasteiger partial charge on any atom is -0.497 e. The zero-order valence-electron chi connectivity index (χ0n) is 14.5. The van der Waals surface area contributed by atoms with Crippen molar-refractivity contribution in [2.45, 2.75) is 19.8 Å². The van der Waals surface area contributed by atoms with Crippen LogP contribution < -0.4 is 19.5 Å². The first-order valence-electron chi connectivity index (χ1n) is 7.72. The number of rotatable bonds is 7. The summed E-state index contributed by atoms with van der Waals surface area (Å²) in [5.74, 6) is 2.01. The molecule has 0 aromatic heterocycles. The number of ether oxygens (including phenoxy) is 3. The topological polar surface area (TPSA) is 56.8 Å². The van der Waals surface area contributed by atoms with Crippen molar-refractivity contribution in [2.75, 3.05) is 26.6 Å². The van der Waals surface area contributed by atoms with E-state index in [1.807, 2.05) is 37.3 Å². The first-order valence-corrected chi connectivity index (χ1v) is 7.72. The van der Waals surface area contributed by atoms with E-state index in [1.54, 1.807) is 27.4 Å². The number of carbonyl (C=O) groups is 1. The number of aryl methyl sites for hydroxylation is 2. The SMILES string of the molecule is COc1cc(CCC(=O)Nc2cc(C)ccc2OC)cc(OC)c1. The predicted molar refractivity (Wildman–Crippen MR) is 94.2 cm³/mol. The number of hydrogen-bond donors (Lipinski definition) is 1. The molecule has 5 nitrogen and oxygen atoms in total. The molecule has 0 unspecified atom stereocenters. The highest BCUT2D eigenvalue weighted by atomic mass is 16.5. The number of hydrogen-bond acceptors (Lipinski definition) is 4. The van der Waals surface area contributed by atoms with Crippen LogP contribution in [0.2, 0.25) is 0 Å². The zero-order chi connectivity index (χ0) is 17.5. The van der Waals surface area contributed by atoms with Gasteiger partial charge < -0.3 is 19.5 Å². The smallest absolute Gasteiger partial charge is 0.224 e. The van der Waals surface area contributed by atoms with Crippen LogP contribution >= 0.6 is 0 Å². The van der Waals surface area contributed by atoms with E-state index in [1.165, 1.54) is 0 Å². The van der Waals surface area contributed by atoms with Crippen molar-refractivity contribution in [3.05, 3.63) is 47.5 Å². The molecule has 1 N–H and O–H groups in total. The van der Waals surface area contributed by atoms with Gasteiger partial charge in [0.2, 0.25) is 5.91 Å². The molecule has 128 valence electrons. The molecule has 0 saturated heterocycles. The highest BCUT2D eigenvalue weighted by Crippen LogP contribution is 2.26. The van der Waals surface area contributed by atoms with Crippen LogP contribution in [-0.4, -0.2) is 27.2 Å². The van der Waals surface area contributed by atoms with Crippen molar-refractivity contribution in [3.63, 3.8) is 0 Å². The minimum atomic E-state index is -0.0688. The Morgan fingerprint density at radius 3 is 2.21 bits per heavy atom. The van der Waals surface area contributed by atoms with E-state index in [4.69, 9.17) is 14.2 Å². The highest BCUT2D eigenvalue weighted by molar-refractivity contribution is 5.92. The molecule has 24 heavy (non-hydrogen) atoms. The Bertz CT molecular complexity index is 690. The molecule has 1 amide bonds. The fourth-order valence-electron chi connectivity index (χ4n) is 2.40. The molecule has 0 atom stereocenters. The minimum absolute atomic E-state index is 0.0688. The van der Waals surface area contributed by atoms with Crippen molar-refractivity contribution in [1.29, 1.82) is 0 Å². The van der Waals surface area contributed by atoms with Gasteiger partial charge in [-0.25, -0.2) is 0 Å². The highest BCUT2D eigenvalue weighted by Gasteiger charge is 2.09. The van der Waals surface area contributed by atoms with E-state index in [-0.39, 0.29) is 5.91 Å². The maximum atomic E-state index is 12.2. The Labute approximate surface area is 142 Å². The molecule has 0 saturated carbocycles. The fourth-order valence-corrected chi connectivity index (χ4v) is 2.40. The van der Waals surface area contributed by atoms with Crippen molar-refractivity contribution in [1.82, 2.24) is 0 Å². The molecular weight excluding hydrogens is 306 g/mol. The molecule has 5 heteroatoms. The van der Waals surface area contributed by atoms with Gasteiger partial charge in [0.25, 0.3) is 0 Å². The lowest BCUT2D eigenvalue weighted by Crippen LogP contribution is -2.13. The molecule has 0 aliphatic carbocycles. The van der Waals surface area contributed by atoms with Crippen LogP contribution in [0.15, 0.2) is 36.4 Å². The standard InChI is InChI=1S/C19H23NO4/c1-13-5-7-18(24-4)17(9-13)20-19(21)8-6-14-10-15(22-2)12-16(11-14)23-3/h5,7,9-12H,6,8H2,1-4H3,(H,20,21). The summed E-state index contributed by atoms with van der Waals surface area (Å²) in [4.78, 5) is 12.2. The zero-order valence-corrected chi connectivity index (χ0v) is 14.5. The third-order valence-corrected chi connectivity index (χ3v) is 3.68. The molecule has 2 rings (SSSR count). The average Bonchev–Trinajstić information content (AvgIpc) is 2.59. The van der Waals surface area contributed by atoms with Crippen LogP contribution in [0.3, 0.4) is 0 Å². The van der Waals surface area contributed by atoms with Crippen LogP contribution in [0, 0.1) is 6.92 Å². The number of amides is 1. The molecule has 0 spiro atoms. The number of anilines is 1. The van der Waals surface area contributed by atoms with Crippen molar-refractivity contribution in [2.24, 2.45) is 0 Å². The first-order chi connectivity index (χ1) is 11.5. The first kappa shape index (κ1) is 17.7. The maximum absolute atomic E-state index is 12.2. The van der Waals surface area contributed by atoms with Gasteiger partial charge in [-0.15, -0.1) is 0 Å². The lowest BCUT2D eigenvalue weighted by Gasteiger charge is -2.12. The maximum Gasteiger partial charge on any atom is 0.224 e. The van der Waals surface area contributed by atoms with E-state index < -0.39 is 0 Å². The lowest BCUT2D eigenvalue weighted by molar-refractivity contribution is -0.116. The lowest BCUT2D eigenvalue weighted by atomic mass is 10.1. The van der Waals surface area contributed by atoms with Crippen LogP contribution in [0.4, 0.5) is 5.69 Å². The summed E-state index contributed by atoms with van der Waals surface area (Å²) >= 11 is 0. The van der Waals surface area contributed by atoms with Gasteiger partial charge in [-0.3, -0.25) is 4.79 Å². The molecule has 0 bridgehead atoms. The van der Waals surface area contributed by atoms with Gasteiger partial charge in [-0.05, 0) is 48.7 Å². The van der Waals surface area contributed by atoms with Crippen molar-refractivity contribution < 1.29 is 19.0 Å². The second kappa shape index (κ2) is 8.24.